The molecule has 17 heavy (non-hydrogen) atoms. The molecule has 1 aromatic rings. The van der Waals surface area contributed by atoms with E-state index in [1.807, 2.05) is 5.43 Å². The van der Waals surface area contributed by atoms with Gasteiger partial charge in [0, 0.05) is 12.5 Å². The monoisotopic (exact) mass is 244 g/mol. The Balaban J connectivity index is 2.50. The van der Waals surface area contributed by atoms with Gasteiger partial charge >= 0.3 is 0 Å². The number of ether oxygens (including phenoxy) is 1. The molecule has 0 aliphatic heterocycles. The Morgan fingerprint density at radius 2 is 2.24 bits per heavy atom. The van der Waals surface area contributed by atoms with Crippen LogP contribution in [0.15, 0.2) is 18.2 Å². The first-order valence-electron chi connectivity index (χ1n) is 5.14. The van der Waals surface area contributed by atoms with Crippen LogP contribution in [0.3, 0.4) is 0 Å². The molecule has 0 saturated heterocycles. The second-order valence-corrected chi connectivity index (χ2v) is 3.61. The zero-order valence-electron chi connectivity index (χ0n) is 9.37. The number of amides is 1. The number of halogens is 2. The van der Waals surface area contributed by atoms with Gasteiger partial charge in [-0.1, -0.05) is 0 Å². The van der Waals surface area contributed by atoms with Crippen LogP contribution in [0.5, 0.6) is 5.75 Å². The number of benzene rings is 1. The van der Waals surface area contributed by atoms with Gasteiger partial charge in [0.1, 0.15) is 5.82 Å². The topological polar surface area (TPSA) is 64.4 Å². The summed E-state index contributed by atoms with van der Waals surface area (Å²) in [5, 5.41) is 0. The van der Waals surface area contributed by atoms with Gasteiger partial charge in [0.25, 0.3) is 0 Å². The molecule has 1 unspecified atom stereocenters. The minimum Gasteiger partial charge on any atom is -0.488 e. The second-order valence-electron chi connectivity index (χ2n) is 3.61. The van der Waals surface area contributed by atoms with E-state index in [0.717, 1.165) is 12.1 Å². The van der Waals surface area contributed by atoms with E-state index in [1.54, 1.807) is 6.92 Å². The van der Waals surface area contributed by atoms with E-state index in [2.05, 4.69) is 0 Å². The molecule has 1 aromatic carbocycles. The molecule has 94 valence electrons. The molecule has 0 heterocycles. The summed E-state index contributed by atoms with van der Waals surface area (Å²) in [5.41, 5.74) is 1.98. The predicted molar refractivity (Wildman–Crippen MR) is 58.0 cm³/mol. The maximum atomic E-state index is 13.2. The summed E-state index contributed by atoms with van der Waals surface area (Å²) in [5.74, 6) is 3.13. The van der Waals surface area contributed by atoms with Gasteiger partial charge in [-0.2, -0.15) is 0 Å². The lowest BCUT2D eigenvalue weighted by Gasteiger charge is -2.14. The lowest BCUT2D eigenvalue weighted by molar-refractivity contribution is -0.121. The third kappa shape index (κ3) is 4.36. The lowest BCUT2D eigenvalue weighted by Crippen LogP contribution is -2.30. The Hall–Kier alpha value is -1.69. The first kappa shape index (κ1) is 13.4. The Bertz CT molecular complexity index is 399. The van der Waals surface area contributed by atoms with Crippen molar-refractivity contribution in [3.8, 4) is 5.75 Å². The van der Waals surface area contributed by atoms with E-state index in [9.17, 15) is 13.6 Å². The van der Waals surface area contributed by atoms with Crippen LogP contribution in [0.2, 0.25) is 0 Å². The third-order valence-electron chi connectivity index (χ3n) is 2.16. The molecule has 0 aliphatic carbocycles. The number of rotatable bonds is 5. The molecule has 3 N–H and O–H groups in total. The summed E-state index contributed by atoms with van der Waals surface area (Å²) in [6, 6.07) is 3.07. The zero-order valence-corrected chi connectivity index (χ0v) is 9.37. The van der Waals surface area contributed by atoms with Crippen molar-refractivity contribution < 1.29 is 18.3 Å². The minimum atomic E-state index is -0.764. The van der Waals surface area contributed by atoms with Gasteiger partial charge in [-0.25, -0.2) is 14.6 Å². The smallest absolute Gasteiger partial charge is 0.234 e. The highest BCUT2D eigenvalue weighted by atomic mass is 19.1. The lowest BCUT2D eigenvalue weighted by atomic mass is 10.2. The van der Waals surface area contributed by atoms with Crippen LogP contribution < -0.4 is 16.0 Å². The fourth-order valence-electron chi connectivity index (χ4n) is 1.25. The quantitative estimate of drug-likeness (QED) is 0.468. The molecule has 6 heteroatoms. The largest absolute Gasteiger partial charge is 0.488 e. The highest BCUT2D eigenvalue weighted by molar-refractivity contribution is 5.75. The fraction of sp³-hybridized carbons (Fsp3) is 0.364. The minimum absolute atomic E-state index is 0.0351. The van der Waals surface area contributed by atoms with Crippen LogP contribution in [0.4, 0.5) is 8.78 Å². The SMILES string of the molecule is CC(CCC(=O)NN)Oc1ccc(F)cc1F. The van der Waals surface area contributed by atoms with Gasteiger partial charge in [-0.3, -0.25) is 10.2 Å². The molecule has 0 aromatic heterocycles. The molecule has 1 rings (SSSR count). The fourth-order valence-corrected chi connectivity index (χ4v) is 1.25. The standard InChI is InChI=1S/C11H14F2N2O2/c1-7(2-5-11(16)15-14)17-10-4-3-8(12)6-9(10)13/h3-4,6-7H,2,5,14H2,1H3,(H,15,16). The van der Waals surface area contributed by atoms with Gasteiger partial charge in [0.05, 0.1) is 6.10 Å². The van der Waals surface area contributed by atoms with Gasteiger partial charge < -0.3 is 4.74 Å². The Morgan fingerprint density at radius 3 is 2.82 bits per heavy atom. The van der Waals surface area contributed by atoms with E-state index in [0.29, 0.717) is 6.42 Å². The molecule has 0 radical (unpaired) electrons. The number of hydrogen-bond acceptors (Lipinski definition) is 3. The van der Waals surface area contributed by atoms with Crippen LogP contribution in [-0.4, -0.2) is 12.0 Å². The van der Waals surface area contributed by atoms with Crippen LogP contribution >= 0.6 is 0 Å². The summed E-state index contributed by atoms with van der Waals surface area (Å²) < 4.78 is 31.1. The number of hydrogen-bond donors (Lipinski definition) is 2. The molecule has 0 bridgehead atoms. The number of nitrogens with two attached hydrogens (primary N) is 1. The molecular formula is C11H14F2N2O2. The molecule has 0 saturated carbocycles. The van der Waals surface area contributed by atoms with Crippen LogP contribution in [-0.2, 0) is 4.79 Å². The van der Waals surface area contributed by atoms with Crippen molar-refractivity contribution in [2.75, 3.05) is 0 Å². The summed E-state index contributed by atoms with van der Waals surface area (Å²) in [6.45, 7) is 1.69. The second kappa shape index (κ2) is 6.15. The average molecular weight is 244 g/mol. The van der Waals surface area contributed by atoms with E-state index >= 15 is 0 Å². The average Bonchev–Trinajstić information content (AvgIpc) is 2.29. The zero-order chi connectivity index (χ0) is 12.8. The summed E-state index contributed by atoms with van der Waals surface area (Å²) in [7, 11) is 0. The molecule has 0 spiro atoms. The molecule has 1 atom stereocenters. The molecular weight excluding hydrogens is 230 g/mol. The normalized spacial score (nSPS) is 12.0. The number of nitrogens with one attached hydrogen (secondary N) is 1. The number of hydrazine groups is 1. The molecule has 1 amide bonds. The van der Waals surface area contributed by atoms with E-state index < -0.39 is 11.6 Å². The molecule has 4 nitrogen and oxygen atoms in total. The summed E-state index contributed by atoms with van der Waals surface area (Å²) in [4.78, 5) is 10.9. The first-order valence-corrected chi connectivity index (χ1v) is 5.14. The van der Waals surface area contributed by atoms with Crippen molar-refractivity contribution >= 4 is 5.91 Å². The Kier molecular flexibility index (Phi) is 4.84. The first-order chi connectivity index (χ1) is 8.02. The van der Waals surface area contributed by atoms with E-state index in [1.165, 1.54) is 6.07 Å². The number of carbonyl (C=O) groups excluding carboxylic acids is 1. The highest BCUT2D eigenvalue weighted by Gasteiger charge is 2.11. The molecule has 0 aliphatic rings. The van der Waals surface area contributed by atoms with Crippen LogP contribution in [0, 0.1) is 11.6 Å². The third-order valence-corrected chi connectivity index (χ3v) is 2.16. The maximum absolute atomic E-state index is 13.2. The van der Waals surface area contributed by atoms with Crippen molar-refractivity contribution in [2.45, 2.75) is 25.9 Å². The van der Waals surface area contributed by atoms with Gasteiger partial charge in [0.15, 0.2) is 11.6 Å². The highest BCUT2D eigenvalue weighted by Crippen LogP contribution is 2.19. The van der Waals surface area contributed by atoms with Crippen LogP contribution in [0.1, 0.15) is 19.8 Å². The summed E-state index contributed by atoms with van der Waals surface area (Å²) in [6.07, 6.45) is 0.201. The van der Waals surface area contributed by atoms with Gasteiger partial charge in [-0.15, -0.1) is 0 Å². The van der Waals surface area contributed by atoms with Crippen LogP contribution in [0.25, 0.3) is 0 Å². The summed E-state index contributed by atoms with van der Waals surface area (Å²) >= 11 is 0. The van der Waals surface area contributed by atoms with Gasteiger partial charge in [-0.05, 0) is 25.5 Å². The maximum Gasteiger partial charge on any atom is 0.234 e. The van der Waals surface area contributed by atoms with E-state index in [4.69, 9.17) is 10.6 Å². The van der Waals surface area contributed by atoms with Crippen molar-refractivity contribution in [3.63, 3.8) is 0 Å². The Morgan fingerprint density at radius 1 is 1.53 bits per heavy atom. The predicted octanol–water partition coefficient (Wildman–Crippen LogP) is 1.50. The van der Waals surface area contributed by atoms with Crippen molar-refractivity contribution in [1.82, 2.24) is 5.43 Å². The van der Waals surface area contributed by atoms with Gasteiger partial charge in [0.2, 0.25) is 5.91 Å². The molecule has 0 fully saturated rings. The van der Waals surface area contributed by atoms with Crippen molar-refractivity contribution in [1.29, 1.82) is 0 Å². The Labute approximate surface area is 97.7 Å². The van der Waals surface area contributed by atoms with Crippen molar-refractivity contribution in [3.05, 3.63) is 29.8 Å². The number of carbonyl (C=O) groups is 1. The van der Waals surface area contributed by atoms with E-state index in [-0.39, 0.29) is 24.2 Å². The van der Waals surface area contributed by atoms with Crippen molar-refractivity contribution in [2.24, 2.45) is 5.84 Å².